The van der Waals surface area contributed by atoms with Crippen molar-refractivity contribution in [2.75, 3.05) is 32.7 Å². The van der Waals surface area contributed by atoms with Crippen LogP contribution in [0, 0.1) is 16.7 Å². The molecule has 4 heteroatoms. The SMILES string of the molecule is CCC(C)(C)C(=O)N1CCN(CC#N)CC1. The van der Waals surface area contributed by atoms with Gasteiger partial charge in [-0.25, -0.2) is 0 Å². The summed E-state index contributed by atoms with van der Waals surface area (Å²) in [5, 5.41) is 8.59. The van der Waals surface area contributed by atoms with Crippen molar-refractivity contribution in [3.05, 3.63) is 0 Å². The Balaban J connectivity index is 2.48. The molecular weight excluding hydrogens is 202 g/mol. The van der Waals surface area contributed by atoms with Gasteiger partial charge in [-0.3, -0.25) is 9.69 Å². The van der Waals surface area contributed by atoms with Gasteiger partial charge in [0.2, 0.25) is 5.91 Å². The predicted octanol–water partition coefficient (Wildman–Crippen LogP) is 1.09. The first kappa shape index (κ1) is 13.0. The molecule has 4 nitrogen and oxygen atoms in total. The number of carbonyl (C=O) groups is 1. The Morgan fingerprint density at radius 2 is 1.88 bits per heavy atom. The van der Waals surface area contributed by atoms with Crippen LogP contribution in [0.25, 0.3) is 0 Å². The molecule has 90 valence electrons. The van der Waals surface area contributed by atoms with E-state index >= 15 is 0 Å². The van der Waals surface area contributed by atoms with Crippen molar-refractivity contribution in [1.29, 1.82) is 5.26 Å². The molecule has 0 aromatic rings. The molecule has 0 aliphatic carbocycles. The molecule has 1 aliphatic rings. The fourth-order valence-corrected chi connectivity index (χ4v) is 1.79. The van der Waals surface area contributed by atoms with Crippen LogP contribution in [0.15, 0.2) is 0 Å². The molecule has 16 heavy (non-hydrogen) atoms. The van der Waals surface area contributed by atoms with Gasteiger partial charge in [0.25, 0.3) is 0 Å². The number of hydrogen-bond acceptors (Lipinski definition) is 3. The lowest BCUT2D eigenvalue weighted by Gasteiger charge is -2.37. The highest BCUT2D eigenvalue weighted by Gasteiger charge is 2.31. The maximum absolute atomic E-state index is 12.2. The van der Waals surface area contributed by atoms with Crippen LogP contribution < -0.4 is 0 Å². The zero-order valence-corrected chi connectivity index (χ0v) is 10.5. The number of piperazine rings is 1. The third-order valence-corrected chi connectivity index (χ3v) is 3.42. The van der Waals surface area contributed by atoms with Crippen LogP contribution in [0.3, 0.4) is 0 Å². The quantitative estimate of drug-likeness (QED) is 0.673. The second-order valence-corrected chi connectivity index (χ2v) is 4.96. The topological polar surface area (TPSA) is 47.3 Å². The molecule has 1 saturated heterocycles. The van der Waals surface area contributed by atoms with Crippen molar-refractivity contribution >= 4 is 5.91 Å². The van der Waals surface area contributed by atoms with Crippen molar-refractivity contribution in [2.24, 2.45) is 5.41 Å². The number of amides is 1. The molecule has 0 atom stereocenters. The Kier molecular flexibility index (Phi) is 4.31. The molecule has 0 saturated carbocycles. The van der Waals surface area contributed by atoms with Crippen molar-refractivity contribution < 1.29 is 4.79 Å². The highest BCUT2D eigenvalue weighted by Crippen LogP contribution is 2.23. The molecule has 0 radical (unpaired) electrons. The zero-order valence-electron chi connectivity index (χ0n) is 10.5. The Morgan fingerprint density at radius 3 is 2.31 bits per heavy atom. The number of carbonyl (C=O) groups excluding carboxylic acids is 1. The Bertz CT molecular complexity index is 285. The predicted molar refractivity (Wildman–Crippen MR) is 62.7 cm³/mol. The monoisotopic (exact) mass is 223 g/mol. The lowest BCUT2D eigenvalue weighted by atomic mass is 9.88. The molecule has 1 amide bonds. The molecule has 1 rings (SSSR count). The van der Waals surface area contributed by atoms with Crippen LogP contribution in [0.1, 0.15) is 27.2 Å². The highest BCUT2D eigenvalue weighted by molar-refractivity contribution is 5.82. The molecule has 0 N–H and O–H groups in total. The summed E-state index contributed by atoms with van der Waals surface area (Å²) in [5.74, 6) is 0.242. The number of nitriles is 1. The first-order chi connectivity index (χ1) is 7.51. The minimum absolute atomic E-state index is 0.242. The molecule has 0 bridgehead atoms. The van der Waals surface area contributed by atoms with Crippen LogP contribution in [0.4, 0.5) is 0 Å². The molecule has 1 heterocycles. The van der Waals surface area contributed by atoms with Crippen LogP contribution in [0.2, 0.25) is 0 Å². The molecular formula is C12H21N3O. The van der Waals surface area contributed by atoms with E-state index in [-0.39, 0.29) is 11.3 Å². The molecule has 1 aliphatic heterocycles. The Morgan fingerprint density at radius 1 is 1.31 bits per heavy atom. The van der Waals surface area contributed by atoms with E-state index < -0.39 is 0 Å². The second kappa shape index (κ2) is 5.31. The molecule has 0 unspecified atom stereocenters. The average molecular weight is 223 g/mol. The summed E-state index contributed by atoms with van der Waals surface area (Å²) < 4.78 is 0. The van der Waals surface area contributed by atoms with Crippen LogP contribution >= 0.6 is 0 Å². The maximum atomic E-state index is 12.2. The molecule has 0 aromatic carbocycles. The normalized spacial score (nSPS) is 18.2. The Labute approximate surface area is 97.8 Å². The van der Waals surface area contributed by atoms with Gasteiger partial charge in [0.15, 0.2) is 0 Å². The summed E-state index contributed by atoms with van der Waals surface area (Å²) >= 11 is 0. The lowest BCUT2D eigenvalue weighted by Crippen LogP contribution is -2.52. The third kappa shape index (κ3) is 2.96. The van der Waals surface area contributed by atoms with E-state index in [1.54, 1.807) is 0 Å². The largest absolute Gasteiger partial charge is 0.340 e. The highest BCUT2D eigenvalue weighted by atomic mass is 16.2. The average Bonchev–Trinajstić information content (AvgIpc) is 2.29. The van der Waals surface area contributed by atoms with Crippen LogP contribution in [0.5, 0.6) is 0 Å². The molecule has 0 aromatic heterocycles. The summed E-state index contributed by atoms with van der Waals surface area (Å²) in [6.45, 7) is 9.66. The van der Waals surface area contributed by atoms with Gasteiger partial charge in [-0.05, 0) is 6.42 Å². The third-order valence-electron chi connectivity index (χ3n) is 3.42. The van der Waals surface area contributed by atoms with Crippen molar-refractivity contribution in [2.45, 2.75) is 27.2 Å². The fraction of sp³-hybridized carbons (Fsp3) is 0.833. The lowest BCUT2D eigenvalue weighted by molar-refractivity contribution is -0.142. The summed E-state index contributed by atoms with van der Waals surface area (Å²) in [5.41, 5.74) is -0.253. The van der Waals surface area contributed by atoms with E-state index in [1.165, 1.54) is 0 Å². The Hall–Kier alpha value is -1.08. The van der Waals surface area contributed by atoms with Gasteiger partial charge >= 0.3 is 0 Å². The fourth-order valence-electron chi connectivity index (χ4n) is 1.79. The summed E-state index contributed by atoms with van der Waals surface area (Å²) in [6.07, 6.45) is 0.865. The molecule has 0 spiro atoms. The van der Waals surface area contributed by atoms with Gasteiger partial charge in [-0.2, -0.15) is 5.26 Å². The van der Waals surface area contributed by atoms with Gasteiger partial charge in [-0.1, -0.05) is 20.8 Å². The van der Waals surface area contributed by atoms with Gasteiger partial charge in [-0.15, -0.1) is 0 Å². The zero-order chi connectivity index (χ0) is 12.2. The van der Waals surface area contributed by atoms with E-state index in [2.05, 4.69) is 11.0 Å². The van der Waals surface area contributed by atoms with E-state index in [1.807, 2.05) is 25.7 Å². The van der Waals surface area contributed by atoms with E-state index in [0.717, 1.165) is 32.6 Å². The minimum atomic E-state index is -0.253. The van der Waals surface area contributed by atoms with Crippen LogP contribution in [-0.4, -0.2) is 48.4 Å². The first-order valence-corrected chi connectivity index (χ1v) is 5.90. The minimum Gasteiger partial charge on any atom is -0.340 e. The number of hydrogen-bond donors (Lipinski definition) is 0. The number of rotatable bonds is 3. The summed E-state index contributed by atoms with van der Waals surface area (Å²) in [4.78, 5) is 16.2. The van der Waals surface area contributed by atoms with Crippen LogP contribution in [-0.2, 0) is 4.79 Å². The summed E-state index contributed by atoms with van der Waals surface area (Å²) in [7, 11) is 0. The van der Waals surface area contributed by atoms with E-state index in [0.29, 0.717) is 6.54 Å². The standard InChI is InChI=1S/C12H21N3O/c1-4-12(2,3)11(16)15-9-7-14(6-5-13)8-10-15/h4,6-10H2,1-3H3. The van der Waals surface area contributed by atoms with Crippen molar-refractivity contribution in [3.63, 3.8) is 0 Å². The smallest absolute Gasteiger partial charge is 0.228 e. The molecule has 1 fully saturated rings. The van der Waals surface area contributed by atoms with Gasteiger partial charge < -0.3 is 4.90 Å². The van der Waals surface area contributed by atoms with E-state index in [4.69, 9.17) is 5.26 Å². The maximum Gasteiger partial charge on any atom is 0.228 e. The van der Waals surface area contributed by atoms with Gasteiger partial charge in [0.1, 0.15) is 0 Å². The first-order valence-electron chi connectivity index (χ1n) is 5.90. The van der Waals surface area contributed by atoms with Gasteiger partial charge in [0.05, 0.1) is 12.6 Å². The summed E-state index contributed by atoms with van der Waals surface area (Å²) in [6, 6.07) is 2.15. The van der Waals surface area contributed by atoms with E-state index in [9.17, 15) is 4.79 Å². The second-order valence-electron chi connectivity index (χ2n) is 4.96. The van der Waals surface area contributed by atoms with Crippen molar-refractivity contribution in [3.8, 4) is 6.07 Å². The van der Waals surface area contributed by atoms with Gasteiger partial charge in [0, 0.05) is 31.6 Å². The number of nitrogens with zero attached hydrogens (tertiary/aromatic N) is 3. The van der Waals surface area contributed by atoms with Crippen molar-refractivity contribution in [1.82, 2.24) is 9.80 Å².